The van der Waals surface area contributed by atoms with Crippen LogP contribution in [0.15, 0.2) is 36.5 Å². The molecule has 7 heteroatoms. The van der Waals surface area contributed by atoms with Crippen molar-refractivity contribution in [1.29, 1.82) is 0 Å². The summed E-state index contributed by atoms with van der Waals surface area (Å²) >= 11 is 0. The van der Waals surface area contributed by atoms with Crippen LogP contribution < -0.4 is 0 Å². The number of aliphatic carboxylic acids is 1. The molecule has 2 aromatic heterocycles. The van der Waals surface area contributed by atoms with Gasteiger partial charge in [0, 0.05) is 31.6 Å². The summed E-state index contributed by atoms with van der Waals surface area (Å²) in [6.07, 6.45) is 2.12. The summed E-state index contributed by atoms with van der Waals surface area (Å²) in [5.41, 5.74) is 3.98. The summed E-state index contributed by atoms with van der Waals surface area (Å²) in [4.78, 5) is 30.3. The van der Waals surface area contributed by atoms with Gasteiger partial charge in [0.15, 0.2) is 5.65 Å². The first-order valence-corrected chi connectivity index (χ1v) is 9.70. The van der Waals surface area contributed by atoms with Crippen molar-refractivity contribution < 1.29 is 14.7 Å². The Morgan fingerprint density at radius 3 is 2.52 bits per heavy atom. The molecule has 0 bridgehead atoms. The van der Waals surface area contributed by atoms with Crippen LogP contribution in [0.3, 0.4) is 0 Å². The van der Waals surface area contributed by atoms with Crippen molar-refractivity contribution >= 4 is 22.9 Å². The molecule has 3 aromatic rings. The van der Waals surface area contributed by atoms with Crippen molar-refractivity contribution in [2.24, 2.45) is 0 Å². The minimum Gasteiger partial charge on any atom is -0.481 e. The zero-order valence-electron chi connectivity index (χ0n) is 17.2. The van der Waals surface area contributed by atoms with Crippen LogP contribution in [-0.2, 0) is 4.79 Å². The second kappa shape index (κ2) is 8.43. The van der Waals surface area contributed by atoms with Gasteiger partial charge >= 0.3 is 5.97 Å². The highest BCUT2D eigenvalue weighted by atomic mass is 16.4. The predicted octanol–water partition coefficient (Wildman–Crippen LogP) is 3.92. The van der Waals surface area contributed by atoms with E-state index in [2.05, 4.69) is 5.10 Å². The van der Waals surface area contributed by atoms with Crippen LogP contribution in [0.2, 0.25) is 0 Å². The van der Waals surface area contributed by atoms with Gasteiger partial charge in [-0.25, -0.2) is 9.67 Å². The number of hydrogen-bond acceptors (Lipinski definition) is 4. The summed E-state index contributed by atoms with van der Waals surface area (Å²) < 4.78 is 1.81. The summed E-state index contributed by atoms with van der Waals surface area (Å²) in [5, 5.41) is 14.0. The maximum absolute atomic E-state index is 13.2. The largest absolute Gasteiger partial charge is 0.481 e. The van der Waals surface area contributed by atoms with Crippen molar-refractivity contribution in [3.8, 4) is 11.3 Å². The Morgan fingerprint density at radius 1 is 1.21 bits per heavy atom. The maximum atomic E-state index is 13.2. The number of pyridine rings is 1. The zero-order chi connectivity index (χ0) is 21.1. The van der Waals surface area contributed by atoms with Crippen molar-refractivity contribution in [3.05, 3.63) is 47.7 Å². The highest BCUT2D eigenvalue weighted by molar-refractivity contribution is 6.06. The van der Waals surface area contributed by atoms with E-state index in [4.69, 9.17) is 10.1 Å². The normalized spacial score (nSPS) is 11.2. The van der Waals surface area contributed by atoms with Gasteiger partial charge in [-0.05, 0) is 33.3 Å². The predicted molar refractivity (Wildman–Crippen MR) is 112 cm³/mol. The van der Waals surface area contributed by atoms with E-state index < -0.39 is 5.97 Å². The smallest absolute Gasteiger partial charge is 0.303 e. The Morgan fingerprint density at radius 2 is 1.90 bits per heavy atom. The number of fused-ring (bicyclic) bond motifs is 1. The summed E-state index contributed by atoms with van der Waals surface area (Å²) in [6, 6.07) is 9.91. The third-order valence-corrected chi connectivity index (χ3v) is 4.86. The molecule has 2 heterocycles. The molecular formula is C22H26N4O3. The molecule has 0 aliphatic heterocycles. The molecule has 7 nitrogen and oxygen atoms in total. The number of amides is 1. The highest BCUT2D eigenvalue weighted by Crippen LogP contribution is 2.27. The monoisotopic (exact) mass is 394 g/mol. The summed E-state index contributed by atoms with van der Waals surface area (Å²) in [6.45, 7) is 6.43. The lowest BCUT2D eigenvalue weighted by Crippen LogP contribution is -2.28. The Bertz CT molecular complexity index is 1040. The van der Waals surface area contributed by atoms with Crippen molar-refractivity contribution in [3.63, 3.8) is 0 Å². The van der Waals surface area contributed by atoms with Crippen LogP contribution in [0.25, 0.3) is 22.3 Å². The van der Waals surface area contributed by atoms with Crippen molar-refractivity contribution in [1.82, 2.24) is 19.7 Å². The minimum absolute atomic E-state index is 0.0310. The average Bonchev–Trinajstić information content (AvgIpc) is 3.11. The first-order valence-electron chi connectivity index (χ1n) is 9.70. The van der Waals surface area contributed by atoms with Crippen LogP contribution in [0.1, 0.15) is 48.7 Å². The molecule has 3 rings (SSSR count). The van der Waals surface area contributed by atoms with Gasteiger partial charge in [0.05, 0.1) is 22.8 Å². The molecule has 29 heavy (non-hydrogen) atoms. The molecule has 0 radical (unpaired) electrons. The molecule has 1 aromatic carbocycles. The molecule has 0 spiro atoms. The summed E-state index contributed by atoms with van der Waals surface area (Å²) in [7, 11) is 1.69. The van der Waals surface area contributed by atoms with Gasteiger partial charge in [-0.1, -0.05) is 29.8 Å². The van der Waals surface area contributed by atoms with E-state index in [0.717, 1.165) is 11.1 Å². The molecule has 152 valence electrons. The minimum atomic E-state index is -0.864. The Kier molecular flexibility index (Phi) is 5.96. The molecule has 0 fully saturated rings. The number of aryl methyl sites for hydroxylation is 1. The molecule has 1 amide bonds. The van der Waals surface area contributed by atoms with E-state index in [9.17, 15) is 9.59 Å². The SMILES string of the molecule is Cc1ccc(-c2cc(C(=O)N(C)CCCC(=O)O)c3cnn(C(C)C)c3n2)cc1. The number of nitrogens with zero attached hydrogens (tertiary/aromatic N) is 4. The second-order valence-electron chi connectivity index (χ2n) is 7.57. The third-order valence-electron chi connectivity index (χ3n) is 4.86. The number of carbonyl (C=O) groups is 2. The van der Waals surface area contributed by atoms with Gasteiger partial charge in [0.1, 0.15) is 0 Å². The molecule has 0 saturated heterocycles. The standard InChI is InChI=1S/C22H26N4O3/c1-14(2)26-21-18(13-23-26)17(22(29)25(4)11-5-6-20(27)28)12-19(24-21)16-9-7-15(3)8-10-16/h7-10,12-14H,5-6,11H2,1-4H3,(H,27,28). The first kappa shape index (κ1) is 20.5. The summed E-state index contributed by atoms with van der Waals surface area (Å²) in [5.74, 6) is -1.03. The second-order valence-corrected chi connectivity index (χ2v) is 7.57. The zero-order valence-corrected chi connectivity index (χ0v) is 17.2. The van der Waals surface area contributed by atoms with Crippen LogP contribution in [0.4, 0.5) is 0 Å². The molecule has 0 aliphatic rings. The number of rotatable bonds is 7. The van der Waals surface area contributed by atoms with E-state index in [-0.39, 0.29) is 18.4 Å². The molecule has 0 unspecified atom stereocenters. The van der Waals surface area contributed by atoms with Gasteiger partial charge in [0.25, 0.3) is 5.91 Å². The lowest BCUT2D eigenvalue weighted by molar-refractivity contribution is -0.137. The van der Waals surface area contributed by atoms with E-state index >= 15 is 0 Å². The lowest BCUT2D eigenvalue weighted by atomic mass is 10.0. The lowest BCUT2D eigenvalue weighted by Gasteiger charge is -2.18. The fraction of sp³-hybridized carbons (Fsp3) is 0.364. The highest BCUT2D eigenvalue weighted by Gasteiger charge is 2.21. The number of benzene rings is 1. The molecule has 0 saturated carbocycles. The van der Waals surface area contributed by atoms with Gasteiger partial charge in [-0.2, -0.15) is 5.10 Å². The van der Waals surface area contributed by atoms with E-state index in [1.165, 1.54) is 0 Å². The number of aromatic nitrogens is 3. The van der Waals surface area contributed by atoms with E-state index in [1.54, 1.807) is 24.2 Å². The Labute approximate surface area is 170 Å². The average molecular weight is 394 g/mol. The Hall–Kier alpha value is -3.22. The molecular weight excluding hydrogens is 368 g/mol. The van der Waals surface area contributed by atoms with Crippen molar-refractivity contribution in [2.75, 3.05) is 13.6 Å². The topological polar surface area (TPSA) is 88.3 Å². The van der Waals surface area contributed by atoms with E-state index in [0.29, 0.717) is 35.3 Å². The third kappa shape index (κ3) is 4.45. The fourth-order valence-corrected chi connectivity index (χ4v) is 3.22. The number of hydrogen-bond donors (Lipinski definition) is 1. The maximum Gasteiger partial charge on any atom is 0.303 e. The fourth-order valence-electron chi connectivity index (χ4n) is 3.22. The first-order chi connectivity index (χ1) is 13.8. The quantitative estimate of drug-likeness (QED) is 0.656. The van der Waals surface area contributed by atoms with Gasteiger partial charge < -0.3 is 10.0 Å². The van der Waals surface area contributed by atoms with Crippen LogP contribution >= 0.6 is 0 Å². The number of carbonyl (C=O) groups excluding carboxylic acids is 1. The van der Waals surface area contributed by atoms with Gasteiger partial charge in [0.2, 0.25) is 0 Å². The van der Waals surface area contributed by atoms with Crippen molar-refractivity contribution in [2.45, 2.75) is 39.7 Å². The number of carboxylic acid groups (broad SMARTS) is 1. The number of carboxylic acids is 1. The van der Waals surface area contributed by atoms with Crippen LogP contribution in [-0.4, -0.2) is 50.2 Å². The van der Waals surface area contributed by atoms with E-state index in [1.807, 2.05) is 49.7 Å². The molecule has 0 aliphatic carbocycles. The van der Waals surface area contributed by atoms with Gasteiger partial charge in [-0.15, -0.1) is 0 Å². The van der Waals surface area contributed by atoms with Crippen LogP contribution in [0.5, 0.6) is 0 Å². The Balaban J connectivity index is 2.06. The molecule has 0 atom stereocenters. The van der Waals surface area contributed by atoms with Gasteiger partial charge in [-0.3, -0.25) is 9.59 Å². The molecule has 1 N–H and O–H groups in total. The van der Waals surface area contributed by atoms with Crippen LogP contribution in [0, 0.1) is 6.92 Å².